The molecule has 0 radical (unpaired) electrons. The monoisotopic (exact) mass is 486 g/mol. The van der Waals surface area contributed by atoms with Crippen LogP contribution in [0.4, 0.5) is 13.2 Å². The van der Waals surface area contributed by atoms with E-state index in [1.807, 2.05) is 0 Å². The van der Waals surface area contributed by atoms with Gasteiger partial charge in [-0.1, -0.05) is 64.6 Å². The highest BCUT2D eigenvalue weighted by atomic mass is 35.5. The minimum atomic E-state index is -4.34. The van der Waals surface area contributed by atoms with Crippen LogP contribution in [0.3, 0.4) is 0 Å². The molecule has 2 aromatic rings. The summed E-state index contributed by atoms with van der Waals surface area (Å²) in [6.07, 6.45) is -1.07. The first-order valence-electron chi connectivity index (χ1n) is 8.59. The second-order valence-electron chi connectivity index (χ2n) is 6.02. The molecule has 0 spiro atoms. The van der Waals surface area contributed by atoms with Gasteiger partial charge in [-0.15, -0.1) is 0 Å². The van der Waals surface area contributed by atoms with Gasteiger partial charge in [0, 0.05) is 12.1 Å². The highest BCUT2D eigenvalue weighted by Gasteiger charge is 2.30. The zero-order valence-electron chi connectivity index (χ0n) is 15.0. The van der Waals surface area contributed by atoms with Gasteiger partial charge in [0.15, 0.2) is 5.75 Å². The standard InChI is InChI=1S/C20H17Cl4F3O2/c21-16-11-15(28-9-7-18(23)24)12-17(22)19(16)29-8-2-1-4-13-5-3-6-14(10-13)20(25,26)27/h3,5-7,10-12H,1-2,4,8-9H2. The molecule has 0 unspecified atom stereocenters. The summed E-state index contributed by atoms with van der Waals surface area (Å²) >= 11 is 23.4. The normalized spacial score (nSPS) is 11.3. The van der Waals surface area contributed by atoms with Crippen molar-refractivity contribution in [3.8, 4) is 11.5 Å². The number of benzene rings is 2. The zero-order chi connectivity index (χ0) is 21.4. The molecule has 0 aliphatic carbocycles. The van der Waals surface area contributed by atoms with Gasteiger partial charge in [-0.3, -0.25) is 0 Å². The van der Waals surface area contributed by atoms with Crippen molar-refractivity contribution >= 4 is 46.4 Å². The molecule has 2 nitrogen and oxygen atoms in total. The molecule has 29 heavy (non-hydrogen) atoms. The summed E-state index contributed by atoms with van der Waals surface area (Å²) in [7, 11) is 0. The van der Waals surface area contributed by atoms with E-state index < -0.39 is 11.7 Å². The highest BCUT2D eigenvalue weighted by molar-refractivity contribution is 6.55. The Morgan fingerprint density at radius 1 is 0.966 bits per heavy atom. The molecule has 0 amide bonds. The van der Waals surface area contributed by atoms with Crippen molar-refractivity contribution in [2.24, 2.45) is 0 Å². The van der Waals surface area contributed by atoms with Crippen molar-refractivity contribution < 1.29 is 22.6 Å². The maximum absolute atomic E-state index is 12.7. The summed E-state index contributed by atoms with van der Waals surface area (Å²) in [6.45, 7) is 0.480. The number of rotatable bonds is 9. The van der Waals surface area contributed by atoms with Crippen molar-refractivity contribution in [2.45, 2.75) is 25.4 Å². The van der Waals surface area contributed by atoms with Gasteiger partial charge in [0.05, 0.1) is 22.2 Å². The van der Waals surface area contributed by atoms with E-state index >= 15 is 0 Å². The number of hydrogen-bond acceptors (Lipinski definition) is 2. The van der Waals surface area contributed by atoms with Gasteiger partial charge in [0.25, 0.3) is 0 Å². The van der Waals surface area contributed by atoms with Crippen LogP contribution in [0, 0.1) is 0 Å². The molecule has 2 aromatic carbocycles. The Morgan fingerprint density at radius 3 is 2.28 bits per heavy atom. The summed E-state index contributed by atoms with van der Waals surface area (Å²) in [6, 6.07) is 8.43. The molecule has 9 heteroatoms. The molecule has 0 aliphatic rings. The van der Waals surface area contributed by atoms with Crippen LogP contribution in [0.1, 0.15) is 24.0 Å². The molecular formula is C20H17Cl4F3O2. The van der Waals surface area contributed by atoms with Gasteiger partial charge in [0.2, 0.25) is 0 Å². The zero-order valence-corrected chi connectivity index (χ0v) is 18.1. The lowest BCUT2D eigenvalue weighted by Gasteiger charge is -2.12. The van der Waals surface area contributed by atoms with Crippen LogP contribution in [0.5, 0.6) is 11.5 Å². The van der Waals surface area contributed by atoms with Crippen LogP contribution in [0.15, 0.2) is 47.0 Å². The Hall–Kier alpha value is -1.27. The number of alkyl halides is 3. The molecule has 0 heterocycles. The third-order valence-corrected chi connectivity index (χ3v) is 4.69. The lowest BCUT2D eigenvalue weighted by molar-refractivity contribution is -0.137. The van der Waals surface area contributed by atoms with Gasteiger partial charge in [-0.25, -0.2) is 0 Å². The minimum absolute atomic E-state index is 0.0901. The Labute approximate surface area is 187 Å². The largest absolute Gasteiger partial charge is 0.490 e. The summed E-state index contributed by atoms with van der Waals surface area (Å²) in [5, 5.41) is 0.567. The molecule has 0 aliphatic heterocycles. The predicted octanol–water partition coefficient (Wildman–Crippen LogP) is 8.11. The van der Waals surface area contributed by atoms with E-state index in [2.05, 4.69) is 0 Å². The maximum Gasteiger partial charge on any atom is 0.416 e. The smallest absolute Gasteiger partial charge is 0.416 e. The fraction of sp³-hybridized carbons (Fsp3) is 0.300. The fourth-order valence-electron chi connectivity index (χ4n) is 2.47. The number of unbranched alkanes of at least 4 members (excludes halogenated alkanes) is 1. The summed E-state index contributed by atoms with van der Waals surface area (Å²) < 4.78 is 49.3. The van der Waals surface area contributed by atoms with Crippen molar-refractivity contribution in [3.05, 3.63) is 68.1 Å². The summed E-state index contributed by atoms with van der Waals surface area (Å²) in [5.41, 5.74) is -0.0144. The van der Waals surface area contributed by atoms with E-state index in [1.165, 1.54) is 18.2 Å². The number of aryl methyl sites for hydroxylation is 1. The Bertz CT molecular complexity index is 827. The number of hydrogen-bond donors (Lipinski definition) is 0. The number of halogens is 7. The van der Waals surface area contributed by atoms with Crippen molar-refractivity contribution in [2.75, 3.05) is 13.2 Å². The van der Waals surface area contributed by atoms with E-state index in [-0.39, 0.29) is 21.1 Å². The lowest BCUT2D eigenvalue weighted by atomic mass is 10.1. The van der Waals surface area contributed by atoms with E-state index in [0.717, 1.165) is 6.07 Å². The van der Waals surface area contributed by atoms with E-state index in [4.69, 9.17) is 55.9 Å². The molecule has 0 saturated carbocycles. The summed E-state index contributed by atoms with van der Waals surface area (Å²) in [4.78, 5) is 0. The van der Waals surface area contributed by atoms with Crippen LogP contribution in [-0.4, -0.2) is 13.2 Å². The highest BCUT2D eigenvalue weighted by Crippen LogP contribution is 2.37. The van der Waals surface area contributed by atoms with Crippen LogP contribution < -0.4 is 9.47 Å². The lowest BCUT2D eigenvalue weighted by Crippen LogP contribution is -2.05. The third-order valence-electron chi connectivity index (χ3n) is 3.82. The molecule has 0 fully saturated rings. The molecule has 0 aromatic heterocycles. The van der Waals surface area contributed by atoms with E-state index in [1.54, 1.807) is 18.2 Å². The summed E-state index contributed by atoms with van der Waals surface area (Å²) in [5.74, 6) is 0.758. The molecular weight excluding hydrogens is 471 g/mol. The van der Waals surface area contributed by atoms with Crippen molar-refractivity contribution in [3.63, 3.8) is 0 Å². The SMILES string of the molecule is FC(F)(F)c1cccc(CCCCOc2c(Cl)cc(OCC=C(Cl)Cl)cc2Cl)c1. The van der Waals surface area contributed by atoms with Crippen LogP contribution in [0.25, 0.3) is 0 Å². The minimum Gasteiger partial charge on any atom is -0.490 e. The first-order valence-corrected chi connectivity index (χ1v) is 10.1. The first kappa shape index (κ1) is 24.0. The van der Waals surface area contributed by atoms with Crippen LogP contribution >= 0.6 is 46.4 Å². The Kier molecular flexibility index (Phi) is 9.28. The molecule has 0 atom stereocenters. The predicted molar refractivity (Wildman–Crippen MR) is 112 cm³/mol. The second-order valence-corrected chi connectivity index (χ2v) is 7.85. The molecule has 0 bridgehead atoms. The molecule has 2 rings (SSSR count). The van der Waals surface area contributed by atoms with Gasteiger partial charge in [0.1, 0.15) is 16.8 Å². The van der Waals surface area contributed by atoms with Crippen molar-refractivity contribution in [1.82, 2.24) is 0 Å². The topological polar surface area (TPSA) is 18.5 Å². The quantitative estimate of drug-likeness (QED) is 0.332. The van der Waals surface area contributed by atoms with E-state index in [0.29, 0.717) is 42.9 Å². The molecule has 158 valence electrons. The van der Waals surface area contributed by atoms with Gasteiger partial charge in [-0.2, -0.15) is 13.2 Å². The van der Waals surface area contributed by atoms with Gasteiger partial charge >= 0.3 is 6.18 Å². The Morgan fingerprint density at radius 2 is 1.66 bits per heavy atom. The van der Waals surface area contributed by atoms with Crippen LogP contribution in [0.2, 0.25) is 10.0 Å². The second kappa shape index (κ2) is 11.2. The Balaban J connectivity index is 1.82. The average Bonchev–Trinajstić information content (AvgIpc) is 2.62. The molecule has 0 saturated heterocycles. The number of ether oxygens (including phenoxy) is 2. The van der Waals surface area contributed by atoms with Gasteiger partial charge < -0.3 is 9.47 Å². The maximum atomic E-state index is 12.7. The molecule has 0 N–H and O–H groups in total. The van der Waals surface area contributed by atoms with E-state index in [9.17, 15) is 13.2 Å². The van der Waals surface area contributed by atoms with Crippen molar-refractivity contribution in [1.29, 1.82) is 0 Å². The fourth-order valence-corrected chi connectivity index (χ4v) is 3.17. The average molecular weight is 488 g/mol. The first-order chi connectivity index (χ1) is 13.7. The van der Waals surface area contributed by atoms with Crippen LogP contribution in [-0.2, 0) is 12.6 Å². The van der Waals surface area contributed by atoms with Gasteiger partial charge in [-0.05, 0) is 37.0 Å². The third kappa shape index (κ3) is 8.17.